The molecule has 0 aromatic rings. The van der Waals surface area contributed by atoms with Gasteiger partial charge in [0, 0.05) is 20.1 Å². The summed E-state index contributed by atoms with van der Waals surface area (Å²) in [7, 11) is 1.77. The molecule has 0 aromatic carbocycles. The number of rotatable bonds is 6. The molecule has 5 heteroatoms. The minimum atomic E-state index is -0.819. The van der Waals surface area contributed by atoms with E-state index in [-0.39, 0.29) is 6.03 Å². The summed E-state index contributed by atoms with van der Waals surface area (Å²) in [5.74, 6) is -0.552. The zero-order valence-electron chi connectivity index (χ0n) is 9.90. The number of hydrogen-bond donors (Lipinski definition) is 2. The molecule has 1 saturated carbocycles. The Kier molecular flexibility index (Phi) is 4.58. The Bertz CT molecular complexity index is 264. The first-order chi connectivity index (χ1) is 7.50. The van der Waals surface area contributed by atoms with E-state index in [9.17, 15) is 9.59 Å². The SMILES string of the molecule is CC(CCNC(=O)N(C)CC1CC1)C(=O)O. The van der Waals surface area contributed by atoms with E-state index in [1.165, 1.54) is 12.8 Å². The highest BCUT2D eigenvalue weighted by atomic mass is 16.4. The first kappa shape index (κ1) is 12.8. The lowest BCUT2D eigenvalue weighted by atomic mass is 10.1. The van der Waals surface area contributed by atoms with Crippen molar-refractivity contribution in [3.05, 3.63) is 0 Å². The van der Waals surface area contributed by atoms with Gasteiger partial charge in [-0.2, -0.15) is 0 Å². The van der Waals surface area contributed by atoms with Gasteiger partial charge < -0.3 is 15.3 Å². The molecule has 0 saturated heterocycles. The predicted molar refractivity (Wildman–Crippen MR) is 60.2 cm³/mol. The number of amides is 2. The van der Waals surface area contributed by atoms with Crippen LogP contribution >= 0.6 is 0 Å². The van der Waals surface area contributed by atoms with Crippen molar-refractivity contribution in [3.8, 4) is 0 Å². The average Bonchev–Trinajstić information content (AvgIpc) is 3.00. The van der Waals surface area contributed by atoms with E-state index in [0.29, 0.717) is 18.9 Å². The molecule has 2 N–H and O–H groups in total. The summed E-state index contributed by atoms with van der Waals surface area (Å²) in [6.45, 7) is 2.87. The maximum absolute atomic E-state index is 11.5. The lowest BCUT2D eigenvalue weighted by Gasteiger charge is -2.17. The van der Waals surface area contributed by atoms with Gasteiger partial charge in [-0.25, -0.2) is 4.79 Å². The Balaban J connectivity index is 2.11. The maximum Gasteiger partial charge on any atom is 0.317 e. The highest BCUT2D eigenvalue weighted by molar-refractivity contribution is 5.74. The van der Waals surface area contributed by atoms with Crippen molar-refractivity contribution >= 4 is 12.0 Å². The van der Waals surface area contributed by atoms with E-state index in [1.54, 1.807) is 18.9 Å². The Morgan fingerprint density at radius 2 is 2.12 bits per heavy atom. The van der Waals surface area contributed by atoms with Crippen molar-refractivity contribution in [2.75, 3.05) is 20.1 Å². The zero-order valence-corrected chi connectivity index (χ0v) is 9.90. The summed E-state index contributed by atoms with van der Waals surface area (Å²) in [5, 5.41) is 11.4. The molecule has 16 heavy (non-hydrogen) atoms. The van der Waals surface area contributed by atoms with Gasteiger partial charge in [0.25, 0.3) is 0 Å². The quantitative estimate of drug-likeness (QED) is 0.716. The highest BCUT2D eigenvalue weighted by Crippen LogP contribution is 2.29. The van der Waals surface area contributed by atoms with Gasteiger partial charge in [0.05, 0.1) is 5.92 Å². The predicted octanol–water partition coefficient (Wildman–Crippen LogP) is 1.15. The molecule has 0 spiro atoms. The minimum absolute atomic E-state index is 0.107. The summed E-state index contributed by atoms with van der Waals surface area (Å²) >= 11 is 0. The number of carbonyl (C=O) groups excluding carboxylic acids is 1. The summed E-state index contributed by atoms with van der Waals surface area (Å²) in [6, 6.07) is -0.107. The molecule has 1 aliphatic carbocycles. The number of carbonyl (C=O) groups is 2. The molecule has 5 nitrogen and oxygen atoms in total. The van der Waals surface area contributed by atoms with Crippen LogP contribution in [0.15, 0.2) is 0 Å². The number of carboxylic acids is 1. The molecule has 0 bridgehead atoms. The molecule has 0 aliphatic heterocycles. The van der Waals surface area contributed by atoms with E-state index >= 15 is 0 Å². The molecule has 0 radical (unpaired) electrons. The fourth-order valence-electron chi connectivity index (χ4n) is 1.42. The number of nitrogens with zero attached hydrogens (tertiary/aromatic N) is 1. The van der Waals surface area contributed by atoms with E-state index in [1.807, 2.05) is 0 Å². The normalized spacial score (nSPS) is 16.6. The monoisotopic (exact) mass is 228 g/mol. The largest absolute Gasteiger partial charge is 0.481 e. The standard InChI is InChI=1S/C11H20N2O3/c1-8(10(14)15)5-6-12-11(16)13(2)7-9-3-4-9/h8-9H,3-7H2,1-2H3,(H,12,16)(H,14,15). The lowest BCUT2D eigenvalue weighted by molar-refractivity contribution is -0.141. The van der Waals surface area contributed by atoms with Crippen LogP contribution in [0, 0.1) is 11.8 Å². The summed E-state index contributed by atoms with van der Waals surface area (Å²) in [5.41, 5.74) is 0. The molecule has 1 atom stereocenters. The fourth-order valence-corrected chi connectivity index (χ4v) is 1.42. The minimum Gasteiger partial charge on any atom is -0.481 e. The van der Waals surface area contributed by atoms with Crippen LogP contribution in [0.1, 0.15) is 26.2 Å². The highest BCUT2D eigenvalue weighted by Gasteiger charge is 2.24. The van der Waals surface area contributed by atoms with Crippen LogP contribution in [-0.4, -0.2) is 42.1 Å². The summed E-state index contributed by atoms with van der Waals surface area (Å²) in [6.07, 6.45) is 2.90. The van der Waals surface area contributed by atoms with Crippen LogP contribution in [0.25, 0.3) is 0 Å². The third-order valence-electron chi connectivity index (χ3n) is 2.85. The molecule has 2 amide bonds. The third kappa shape index (κ3) is 4.51. The molecule has 1 unspecified atom stereocenters. The summed E-state index contributed by atoms with van der Waals surface area (Å²) in [4.78, 5) is 23.7. The van der Waals surface area contributed by atoms with E-state index in [4.69, 9.17) is 5.11 Å². The van der Waals surface area contributed by atoms with Crippen LogP contribution < -0.4 is 5.32 Å². The molecule has 1 fully saturated rings. The number of urea groups is 1. The van der Waals surface area contributed by atoms with Gasteiger partial charge in [0.2, 0.25) is 0 Å². The first-order valence-corrected chi connectivity index (χ1v) is 5.72. The average molecular weight is 228 g/mol. The number of aliphatic carboxylic acids is 1. The van der Waals surface area contributed by atoms with Crippen LogP contribution in [0.3, 0.4) is 0 Å². The van der Waals surface area contributed by atoms with E-state index < -0.39 is 11.9 Å². The Morgan fingerprint density at radius 1 is 1.50 bits per heavy atom. The van der Waals surface area contributed by atoms with Crippen LogP contribution in [0.4, 0.5) is 4.79 Å². The lowest BCUT2D eigenvalue weighted by Crippen LogP contribution is -2.39. The van der Waals surface area contributed by atoms with Gasteiger partial charge in [0.1, 0.15) is 0 Å². The second-order valence-corrected chi connectivity index (χ2v) is 4.58. The van der Waals surface area contributed by atoms with Gasteiger partial charge in [-0.1, -0.05) is 6.92 Å². The molecule has 0 heterocycles. The molecular formula is C11H20N2O3. The van der Waals surface area contributed by atoms with Crippen LogP contribution in [0.2, 0.25) is 0 Å². The second kappa shape index (κ2) is 5.72. The number of carboxylic acid groups (broad SMARTS) is 1. The van der Waals surface area contributed by atoms with Gasteiger partial charge in [-0.3, -0.25) is 4.79 Å². The summed E-state index contributed by atoms with van der Waals surface area (Å²) < 4.78 is 0. The zero-order chi connectivity index (χ0) is 12.1. The topological polar surface area (TPSA) is 69.6 Å². The third-order valence-corrected chi connectivity index (χ3v) is 2.85. The smallest absolute Gasteiger partial charge is 0.317 e. The van der Waals surface area contributed by atoms with Gasteiger partial charge >= 0.3 is 12.0 Å². The van der Waals surface area contributed by atoms with E-state index in [2.05, 4.69) is 5.32 Å². The van der Waals surface area contributed by atoms with Crippen molar-refractivity contribution in [2.45, 2.75) is 26.2 Å². The maximum atomic E-state index is 11.5. The van der Waals surface area contributed by atoms with E-state index in [0.717, 1.165) is 6.54 Å². The first-order valence-electron chi connectivity index (χ1n) is 5.72. The number of hydrogen-bond acceptors (Lipinski definition) is 2. The molecular weight excluding hydrogens is 208 g/mol. The molecule has 1 aliphatic rings. The van der Waals surface area contributed by atoms with Crippen molar-refractivity contribution in [1.82, 2.24) is 10.2 Å². The van der Waals surface area contributed by atoms with Crippen molar-refractivity contribution in [1.29, 1.82) is 0 Å². The Hall–Kier alpha value is -1.26. The molecule has 92 valence electrons. The van der Waals surface area contributed by atoms with Gasteiger partial charge in [0.15, 0.2) is 0 Å². The van der Waals surface area contributed by atoms with Gasteiger partial charge in [-0.15, -0.1) is 0 Å². The Labute approximate surface area is 95.8 Å². The van der Waals surface area contributed by atoms with Crippen molar-refractivity contribution in [2.24, 2.45) is 11.8 Å². The second-order valence-electron chi connectivity index (χ2n) is 4.58. The van der Waals surface area contributed by atoms with Crippen LogP contribution in [0.5, 0.6) is 0 Å². The van der Waals surface area contributed by atoms with Crippen LogP contribution in [-0.2, 0) is 4.79 Å². The van der Waals surface area contributed by atoms with Gasteiger partial charge in [-0.05, 0) is 25.2 Å². The number of nitrogens with one attached hydrogen (secondary N) is 1. The van der Waals surface area contributed by atoms with Crippen molar-refractivity contribution < 1.29 is 14.7 Å². The molecule has 0 aromatic heterocycles. The molecule has 1 rings (SSSR count). The fraction of sp³-hybridized carbons (Fsp3) is 0.818. The Morgan fingerprint density at radius 3 is 2.62 bits per heavy atom. The van der Waals surface area contributed by atoms with Crippen molar-refractivity contribution in [3.63, 3.8) is 0 Å².